The van der Waals surface area contributed by atoms with Crippen molar-refractivity contribution in [1.29, 1.82) is 0 Å². The van der Waals surface area contributed by atoms with Crippen LogP contribution in [0, 0.1) is 21.8 Å². The van der Waals surface area contributed by atoms with Gasteiger partial charge in [-0.1, -0.05) is 36.4 Å². The highest BCUT2D eigenvalue weighted by Gasteiger charge is 2.62. The minimum Gasteiger partial charge on any atom is -0.444 e. The first kappa shape index (κ1) is 45.3. The van der Waals surface area contributed by atoms with E-state index < -0.39 is 125 Å². The summed E-state index contributed by atoms with van der Waals surface area (Å²) in [5, 5.41) is 16.3. The molecule has 0 bridgehead atoms. The van der Waals surface area contributed by atoms with E-state index >= 15 is 0 Å². The van der Waals surface area contributed by atoms with E-state index in [1.807, 2.05) is 0 Å². The van der Waals surface area contributed by atoms with E-state index in [4.69, 9.17) is 9.47 Å². The number of nitrogens with zero attached hydrogens (tertiary/aromatic N) is 4. The van der Waals surface area contributed by atoms with E-state index in [2.05, 4.69) is 15.4 Å². The molecular weight excluding hydrogens is 870 g/mol. The number of nitro benzene ring substituents is 1. The molecule has 2 aliphatic carbocycles. The van der Waals surface area contributed by atoms with Crippen LogP contribution in [0.4, 0.5) is 19.7 Å². The maximum atomic E-state index is 14.9. The number of amides is 5. The largest absolute Gasteiger partial charge is 0.444 e. The lowest BCUT2D eigenvalue weighted by molar-refractivity contribution is -0.387. The first-order valence-corrected chi connectivity index (χ1v) is 23.4. The average Bonchev–Trinajstić information content (AvgIpc) is 4.09. The molecule has 1 saturated heterocycles. The highest BCUT2D eigenvalue weighted by atomic mass is 32.2. The summed E-state index contributed by atoms with van der Waals surface area (Å²) >= 11 is 0. The van der Waals surface area contributed by atoms with Crippen LogP contribution >= 0.6 is 0 Å². The molecule has 5 amide bonds. The number of alkyl carbamates (subject to hydrolysis) is 1. The molecule has 0 aromatic heterocycles. The molecular formula is C40H48FN7O13S2. The standard InChI is InChI=1S/C40H48FN7O13S2/c1-39(2,3)61-37(52)42-30-23-46(63(58,59)33-14-7-6-13-31(33)48(54)55)17-8-4-5-11-25-19-40(25,36(51)44-62(56,57)27-15-16-27)43-34(49)32-18-26(21-47(32)35(30)50)60-38(53)45-20-24-10-9-12-29(41)28(24)22-45/h5-7,9-14,25-27,30,32H,4,8,15-23H2,1-3H3,(H,42,52)(H,43,49)(H,44,51)/t25-,26-,30+,32+,40-/m1/s1. The minimum absolute atomic E-state index is 0.00722. The molecule has 2 aromatic carbocycles. The van der Waals surface area contributed by atoms with Gasteiger partial charge in [0.15, 0.2) is 4.90 Å². The van der Waals surface area contributed by atoms with Crippen molar-refractivity contribution in [2.24, 2.45) is 5.92 Å². The predicted octanol–water partition coefficient (Wildman–Crippen LogP) is 2.57. The van der Waals surface area contributed by atoms with E-state index in [0.29, 0.717) is 24.0 Å². The quantitative estimate of drug-likeness (QED) is 0.196. The third kappa shape index (κ3) is 9.78. The van der Waals surface area contributed by atoms with Gasteiger partial charge < -0.3 is 25.0 Å². The second-order valence-corrected chi connectivity index (χ2v) is 21.2. The fraction of sp³-hybridized carbons (Fsp3) is 0.525. The molecule has 3 fully saturated rings. The summed E-state index contributed by atoms with van der Waals surface area (Å²) in [6.45, 7) is 2.89. The lowest BCUT2D eigenvalue weighted by Crippen LogP contribution is -2.60. The summed E-state index contributed by atoms with van der Waals surface area (Å²) in [5.41, 5.74) is -2.78. The monoisotopic (exact) mass is 917 g/mol. The van der Waals surface area contributed by atoms with Crippen LogP contribution in [0.1, 0.15) is 70.4 Å². The maximum absolute atomic E-state index is 14.9. The summed E-state index contributed by atoms with van der Waals surface area (Å²) in [5.74, 6) is -4.23. The molecule has 5 aliphatic rings. The molecule has 340 valence electrons. The van der Waals surface area contributed by atoms with Crippen molar-refractivity contribution in [3.8, 4) is 0 Å². The summed E-state index contributed by atoms with van der Waals surface area (Å²) in [7, 11) is -8.88. The summed E-state index contributed by atoms with van der Waals surface area (Å²) in [6, 6.07) is 5.65. The zero-order valence-corrected chi connectivity index (χ0v) is 36.3. The fourth-order valence-corrected chi connectivity index (χ4v) is 11.0. The minimum atomic E-state index is -4.80. The molecule has 0 radical (unpaired) electrons. The Kier molecular flexibility index (Phi) is 12.3. The van der Waals surface area contributed by atoms with Crippen molar-refractivity contribution in [2.75, 3.05) is 19.6 Å². The van der Waals surface area contributed by atoms with Crippen LogP contribution in [0.5, 0.6) is 0 Å². The zero-order chi connectivity index (χ0) is 45.6. The van der Waals surface area contributed by atoms with Crippen molar-refractivity contribution in [3.63, 3.8) is 0 Å². The number of rotatable bonds is 8. The number of para-hydroxylation sites is 1. The molecule has 2 aromatic rings. The van der Waals surface area contributed by atoms with Crippen molar-refractivity contribution < 1.29 is 59.6 Å². The average molecular weight is 918 g/mol. The second kappa shape index (κ2) is 17.1. The Labute approximate surface area is 362 Å². The molecule has 5 atom stereocenters. The normalized spacial score (nSPS) is 25.7. The van der Waals surface area contributed by atoms with Crippen LogP contribution in [0.25, 0.3) is 0 Å². The van der Waals surface area contributed by atoms with Crippen molar-refractivity contribution in [3.05, 3.63) is 81.7 Å². The molecule has 3 aliphatic heterocycles. The Morgan fingerprint density at radius 2 is 1.75 bits per heavy atom. The van der Waals surface area contributed by atoms with Gasteiger partial charge in [-0.05, 0) is 70.6 Å². The first-order chi connectivity index (χ1) is 29.6. The van der Waals surface area contributed by atoms with E-state index in [1.165, 1.54) is 29.2 Å². The highest BCUT2D eigenvalue weighted by Crippen LogP contribution is 2.46. The van der Waals surface area contributed by atoms with Crippen LogP contribution in [0.2, 0.25) is 0 Å². The van der Waals surface area contributed by atoms with Gasteiger partial charge in [0.25, 0.3) is 11.6 Å². The maximum Gasteiger partial charge on any atom is 0.410 e. The van der Waals surface area contributed by atoms with Crippen molar-refractivity contribution in [2.45, 2.75) is 112 Å². The number of halogens is 1. The summed E-state index contributed by atoms with van der Waals surface area (Å²) in [6.07, 6.45) is 0.487. The smallest absolute Gasteiger partial charge is 0.410 e. The first-order valence-electron chi connectivity index (χ1n) is 20.4. The Morgan fingerprint density at radius 1 is 1.02 bits per heavy atom. The van der Waals surface area contributed by atoms with E-state index in [1.54, 1.807) is 39.0 Å². The number of carbonyl (C=O) groups is 5. The van der Waals surface area contributed by atoms with Gasteiger partial charge in [0.1, 0.15) is 35.1 Å². The lowest BCUT2D eigenvalue weighted by Gasteiger charge is -2.32. The third-order valence-corrected chi connectivity index (χ3v) is 15.2. The molecule has 23 heteroatoms. The zero-order valence-electron chi connectivity index (χ0n) is 34.7. The van der Waals surface area contributed by atoms with Gasteiger partial charge in [-0.15, -0.1) is 0 Å². The van der Waals surface area contributed by atoms with Crippen LogP contribution in [0.15, 0.2) is 59.5 Å². The van der Waals surface area contributed by atoms with Crippen molar-refractivity contribution in [1.82, 2.24) is 29.5 Å². The number of ether oxygens (including phenoxy) is 2. The fourth-order valence-electron chi connectivity index (χ4n) is 8.03. The number of sulfonamides is 2. The molecule has 0 spiro atoms. The van der Waals surface area contributed by atoms with Gasteiger partial charge in [0.05, 0.1) is 23.3 Å². The van der Waals surface area contributed by atoms with Crippen molar-refractivity contribution >= 4 is 55.6 Å². The molecule has 2 saturated carbocycles. The van der Waals surface area contributed by atoms with Gasteiger partial charge in [0, 0.05) is 43.6 Å². The van der Waals surface area contributed by atoms with Crippen LogP contribution in [-0.4, -0.2) is 120 Å². The van der Waals surface area contributed by atoms with Crippen LogP contribution in [-0.2, 0) is 57.0 Å². The molecule has 3 N–H and O–H groups in total. The predicted molar refractivity (Wildman–Crippen MR) is 218 cm³/mol. The Morgan fingerprint density at radius 3 is 2.43 bits per heavy atom. The second-order valence-electron chi connectivity index (χ2n) is 17.3. The topological polar surface area (TPSA) is 261 Å². The number of hydrogen-bond acceptors (Lipinski definition) is 13. The Balaban J connectivity index is 1.25. The number of allylic oxidation sites excluding steroid dienone is 1. The third-order valence-electron chi connectivity index (χ3n) is 11.5. The van der Waals surface area contributed by atoms with Crippen LogP contribution < -0.4 is 15.4 Å². The molecule has 7 rings (SSSR count). The number of fused-ring (bicyclic) bond motifs is 3. The van der Waals surface area contributed by atoms with Gasteiger partial charge in [-0.3, -0.25) is 34.1 Å². The summed E-state index contributed by atoms with van der Waals surface area (Å²) in [4.78, 5) is 82.9. The van der Waals surface area contributed by atoms with E-state index in [9.17, 15) is 55.3 Å². The van der Waals surface area contributed by atoms with Gasteiger partial charge in [-0.2, -0.15) is 4.31 Å². The van der Waals surface area contributed by atoms with E-state index in [-0.39, 0.29) is 45.3 Å². The Hall–Kier alpha value is -5.68. The summed E-state index contributed by atoms with van der Waals surface area (Å²) < 4.78 is 83.3. The number of carbonyl (C=O) groups excluding carboxylic acids is 5. The lowest BCUT2D eigenvalue weighted by atomic mass is 10.1. The molecule has 0 unspecified atom stereocenters. The van der Waals surface area contributed by atoms with Gasteiger partial charge in [0.2, 0.25) is 31.9 Å². The van der Waals surface area contributed by atoms with Gasteiger partial charge in [-0.25, -0.2) is 30.8 Å². The van der Waals surface area contributed by atoms with Gasteiger partial charge >= 0.3 is 12.2 Å². The molecule has 3 heterocycles. The molecule has 20 nitrogen and oxygen atoms in total. The van der Waals surface area contributed by atoms with Crippen LogP contribution in [0.3, 0.4) is 0 Å². The Bertz CT molecular complexity index is 2480. The number of nitro groups is 1. The number of benzene rings is 2. The van der Waals surface area contributed by atoms with E-state index in [0.717, 1.165) is 21.3 Å². The molecule has 63 heavy (non-hydrogen) atoms. The number of nitrogens with one attached hydrogen (secondary N) is 3. The highest BCUT2D eigenvalue weighted by molar-refractivity contribution is 7.91. The number of hydrogen-bond donors (Lipinski definition) is 3. The SMILES string of the molecule is CC(C)(C)OC(=O)N[C@H]1CN(S(=O)(=O)c2ccccc2[N+](=O)[O-])CCCC=C[C@@H]2C[C@@]2(C(=O)NS(=O)(=O)C2CC2)NC(=O)[C@@H]2C[C@@H](OC(=O)N3Cc4cccc(F)c4C3)CN2C1=O.